The molecule has 1 saturated carbocycles. The SMILES string of the molecule is CC(=O)C1(C(C)(C)O)CC1. The van der Waals surface area contributed by atoms with Gasteiger partial charge in [0.05, 0.1) is 11.0 Å². The molecule has 0 unspecified atom stereocenters. The molecule has 0 aromatic carbocycles. The summed E-state index contributed by atoms with van der Waals surface area (Å²) in [6.07, 6.45) is 1.71. The molecule has 0 bridgehead atoms. The van der Waals surface area contributed by atoms with Crippen molar-refractivity contribution in [2.75, 3.05) is 0 Å². The van der Waals surface area contributed by atoms with Crippen molar-refractivity contribution in [3.63, 3.8) is 0 Å². The maximum absolute atomic E-state index is 11.0. The number of carbonyl (C=O) groups excluding carboxylic acids is 1. The van der Waals surface area contributed by atoms with E-state index in [0.717, 1.165) is 12.8 Å². The first-order valence-corrected chi connectivity index (χ1v) is 3.63. The lowest BCUT2D eigenvalue weighted by molar-refractivity contribution is -0.130. The number of rotatable bonds is 2. The van der Waals surface area contributed by atoms with E-state index in [0.29, 0.717) is 0 Å². The lowest BCUT2D eigenvalue weighted by atomic mass is 9.84. The van der Waals surface area contributed by atoms with Gasteiger partial charge in [-0.3, -0.25) is 4.79 Å². The van der Waals surface area contributed by atoms with E-state index in [1.165, 1.54) is 0 Å². The zero-order chi connectivity index (χ0) is 7.99. The van der Waals surface area contributed by atoms with Crippen molar-refractivity contribution in [2.24, 2.45) is 5.41 Å². The molecule has 0 aromatic rings. The zero-order valence-corrected chi connectivity index (χ0v) is 6.77. The van der Waals surface area contributed by atoms with E-state index in [1.807, 2.05) is 0 Å². The van der Waals surface area contributed by atoms with Crippen LogP contribution < -0.4 is 0 Å². The largest absolute Gasteiger partial charge is 0.389 e. The normalized spacial score (nSPS) is 22.4. The summed E-state index contributed by atoms with van der Waals surface area (Å²) in [6.45, 7) is 4.98. The molecule has 1 aliphatic rings. The molecule has 1 rings (SSSR count). The van der Waals surface area contributed by atoms with Gasteiger partial charge < -0.3 is 5.11 Å². The maximum atomic E-state index is 11.0. The molecule has 10 heavy (non-hydrogen) atoms. The summed E-state index contributed by atoms with van der Waals surface area (Å²) in [7, 11) is 0. The molecule has 1 fully saturated rings. The van der Waals surface area contributed by atoms with Crippen molar-refractivity contribution < 1.29 is 9.90 Å². The predicted molar refractivity (Wildman–Crippen MR) is 38.6 cm³/mol. The van der Waals surface area contributed by atoms with Crippen LogP contribution in [0.2, 0.25) is 0 Å². The minimum Gasteiger partial charge on any atom is -0.389 e. The molecule has 0 atom stereocenters. The molecule has 1 N–H and O–H groups in total. The van der Waals surface area contributed by atoms with E-state index in [-0.39, 0.29) is 5.78 Å². The molecule has 0 amide bonds. The Bertz CT molecular complexity index is 161. The molecule has 0 aromatic heterocycles. The summed E-state index contributed by atoms with van der Waals surface area (Å²) in [5.74, 6) is 0.125. The third kappa shape index (κ3) is 0.870. The van der Waals surface area contributed by atoms with Crippen LogP contribution in [0.1, 0.15) is 33.6 Å². The van der Waals surface area contributed by atoms with Crippen LogP contribution in [-0.4, -0.2) is 16.5 Å². The van der Waals surface area contributed by atoms with Crippen LogP contribution in [0.5, 0.6) is 0 Å². The number of carbonyl (C=O) groups is 1. The molecule has 0 saturated heterocycles. The van der Waals surface area contributed by atoms with Gasteiger partial charge in [0.15, 0.2) is 0 Å². The van der Waals surface area contributed by atoms with Gasteiger partial charge >= 0.3 is 0 Å². The highest BCUT2D eigenvalue weighted by atomic mass is 16.3. The highest BCUT2D eigenvalue weighted by Crippen LogP contribution is 2.54. The van der Waals surface area contributed by atoms with E-state index < -0.39 is 11.0 Å². The fourth-order valence-corrected chi connectivity index (χ4v) is 1.52. The van der Waals surface area contributed by atoms with E-state index in [9.17, 15) is 9.90 Å². The zero-order valence-electron chi connectivity index (χ0n) is 6.77. The van der Waals surface area contributed by atoms with Gasteiger partial charge in [0.1, 0.15) is 5.78 Å². The van der Waals surface area contributed by atoms with Crippen molar-refractivity contribution in [3.05, 3.63) is 0 Å². The summed E-state index contributed by atoms with van der Waals surface area (Å²) in [4.78, 5) is 11.0. The van der Waals surface area contributed by atoms with Crippen molar-refractivity contribution in [2.45, 2.75) is 39.2 Å². The van der Waals surface area contributed by atoms with Crippen LogP contribution >= 0.6 is 0 Å². The number of hydrogen-bond donors (Lipinski definition) is 1. The lowest BCUT2D eigenvalue weighted by Gasteiger charge is -2.26. The summed E-state index contributed by atoms with van der Waals surface area (Å²) in [6, 6.07) is 0. The van der Waals surface area contributed by atoms with E-state index >= 15 is 0 Å². The smallest absolute Gasteiger partial charge is 0.138 e. The van der Waals surface area contributed by atoms with Crippen LogP contribution in [0.25, 0.3) is 0 Å². The molecular weight excluding hydrogens is 128 g/mol. The van der Waals surface area contributed by atoms with E-state index in [2.05, 4.69) is 0 Å². The Kier molecular flexibility index (Phi) is 1.40. The van der Waals surface area contributed by atoms with Crippen molar-refractivity contribution in [1.29, 1.82) is 0 Å². The summed E-state index contributed by atoms with van der Waals surface area (Å²) in [5.41, 5.74) is -1.22. The first kappa shape index (κ1) is 7.73. The number of hydrogen-bond acceptors (Lipinski definition) is 2. The monoisotopic (exact) mass is 142 g/mol. The van der Waals surface area contributed by atoms with Gasteiger partial charge in [-0.2, -0.15) is 0 Å². The lowest BCUT2D eigenvalue weighted by Crippen LogP contribution is -2.37. The number of aliphatic hydroxyl groups is 1. The third-order valence-corrected chi connectivity index (χ3v) is 2.60. The second-order valence-electron chi connectivity index (χ2n) is 3.70. The Hall–Kier alpha value is -0.370. The minimum absolute atomic E-state index is 0.125. The Morgan fingerprint density at radius 2 is 1.90 bits per heavy atom. The van der Waals surface area contributed by atoms with E-state index in [1.54, 1.807) is 20.8 Å². The number of ketones is 1. The molecular formula is C8H14O2. The topological polar surface area (TPSA) is 37.3 Å². The van der Waals surface area contributed by atoms with Gasteiger partial charge in [0.2, 0.25) is 0 Å². The summed E-state index contributed by atoms with van der Waals surface area (Å²) >= 11 is 0. The Morgan fingerprint density at radius 3 is 1.90 bits per heavy atom. The van der Waals surface area contributed by atoms with Crippen LogP contribution in [0.15, 0.2) is 0 Å². The molecule has 2 nitrogen and oxygen atoms in total. The fourth-order valence-electron chi connectivity index (χ4n) is 1.52. The summed E-state index contributed by atoms with van der Waals surface area (Å²) < 4.78 is 0. The van der Waals surface area contributed by atoms with Crippen molar-refractivity contribution >= 4 is 5.78 Å². The minimum atomic E-state index is -0.821. The quantitative estimate of drug-likeness (QED) is 0.627. The standard InChI is InChI=1S/C8H14O2/c1-6(9)8(4-5-8)7(2,3)10/h10H,4-5H2,1-3H3. The highest BCUT2D eigenvalue weighted by molar-refractivity contribution is 5.86. The Morgan fingerprint density at radius 1 is 1.50 bits per heavy atom. The average molecular weight is 142 g/mol. The van der Waals surface area contributed by atoms with Gasteiger partial charge in [-0.05, 0) is 33.6 Å². The summed E-state index contributed by atoms with van der Waals surface area (Å²) in [5, 5.41) is 9.56. The van der Waals surface area contributed by atoms with Crippen molar-refractivity contribution in [3.8, 4) is 0 Å². The molecule has 0 heterocycles. The Labute approximate surface area is 61.2 Å². The maximum Gasteiger partial charge on any atom is 0.138 e. The molecule has 2 heteroatoms. The first-order chi connectivity index (χ1) is 4.40. The second-order valence-corrected chi connectivity index (χ2v) is 3.70. The van der Waals surface area contributed by atoms with Crippen LogP contribution in [0, 0.1) is 5.41 Å². The molecule has 58 valence electrons. The highest BCUT2D eigenvalue weighted by Gasteiger charge is 2.57. The van der Waals surface area contributed by atoms with Crippen LogP contribution in [-0.2, 0) is 4.79 Å². The molecule has 0 radical (unpaired) electrons. The van der Waals surface area contributed by atoms with Crippen LogP contribution in [0.3, 0.4) is 0 Å². The van der Waals surface area contributed by atoms with Gasteiger partial charge in [0.25, 0.3) is 0 Å². The van der Waals surface area contributed by atoms with Gasteiger partial charge in [-0.25, -0.2) is 0 Å². The molecule has 1 aliphatic carbocycles. The molecule has 0 aliphatic heterocycles. The number of Topliss-reactive ketones (excluding diaryl/α,β-unsaturated/α-hetero) is 1. The predicted octanol–water partition coefficient (Wildman–Crippen LogP) is 1.13. The van der Waals surface area contributed by atoms with E-state index in [4.69, 9.17) is 0 Å². The van der Waals surface area contributed by atoms with Crippen LogP contribution in [0.4, 0.5) is 0 Å². The molecule has 0 spiro atoms. The van der Waals surface area contributed by atoms with Gasteiger partial charge in [-0.15, -0.1) is 0 Å². The average Bonchev–Trinajstić information content (AvgIpc) is 2.36. The Balaban J connectivity index is 2.80. The van der Waals surface area contributed by atoms with Gasteiger partial charge in [0, 0.05) is 0 Å². The fraction of sp³-hybridized carbons (Fsp3) is 0.875. The first-order valence-electron chi connectivity index (χ1n) is 3.63. The van der Waals surface area contributed by atoms with Crippen molar-refractivity contribution in [1.82, 2.24) is 0 Å². The second kappa shape index (κ2) is 1.82. The van der Waals surface area contributed by atoms with Gasteiger partial charge in [-0.1, -0.05) is 0 Å². The third-order valence-electron chi connectivity index (χ3n) is 2.60.